The smallest absolute Gasteiger partial charge is 0.123 e. The third-order valence-corrected chi connectivity index (χ3v) is 3.88. The van der Waals surface area contributed by atoms with Gasteiger partial charge in [0, 0.05) is 51.5 Å². The van der Waals surface area contributed by atoms with Crippen LogP contribution in [0.1, 0.15) is 22.7 Å². The summed E-state index contributed by atoms with van der Waals surface area (Å²) < 4.78 is 20.2. The molecule has 0 amide bonds. The molecule has 0 saturated heterocycles. The van der Waals surface area contributed by atoms with Crippen LogP contribution in [-0.4, -0.2) is 34.9 Å². The minimum atomic E-state index is -0.191. The number of methoxy groups -OCH3 is 1. The van der Waals surface area contributed by atoms with Crippen LogP contribution >= 0.6 is 0 Å². The number of benzene rings is 1. The Morgan fingerprint density at radius 3 is 2.81 bits per heavy atom. The molecular formula is C16H20FN3O. The molecule has 0 saturated carbocycles. The van der Waals surface area contributed by atoms with Crippen LogP contribution in [0.25, 0.3) is 0 Å². The highest BCUT2D eigenvalue weighted by atomic mass is 19.1. The van der Waals surface area contributed by atoms with Crippen LogP contribution in [0.15, 0.2) is 30.5 Å². The minimum absolute atomic E-state index is 0.191. The van der Waals surface area contributed by atoms with Crippen molar-refractivity contribution in [1.29, 1.82) is 0 Å². The monoisotopic (exact) mass is 289 g/mol. The highest BCUT2D eigenvalue weighted by Gasteiger charge is 2.28. The van der Waals surface area contributed by atoms with Gasteiger partial charge in [-0.25, -0.2) is 4.39 Å². The second kappa shape index (κ2) is 5.95. The van der Waals surface area contributed by atoms with Gasteiger partial charge in [-0.05, 0) is 17.7 Å². The molecule has 1 unspecified atom stereocenters. The Labute approximate surface area is 124 Å². The van der Waals surface area contributed by atoms with Crippen LogP contribution in [0.2, 0.25) is 0 Å². The van der Waals surface area contributed by atoms with Gasteiger partial charge in [0.2, 0.25) is 0 Å². The van der Waals surface area contributed by atoms with E-state index in [-0.39, 0.29) is 5.82 Å². The largest absolute Gasteiger partial charge is 0.384 e. The van der Waals surface area contributed by atoms with Gasteiger partial charge in [0.05, 0.1) is 12.3 Å². The number of halogens is 1. The summed E-state index contributed by atoms with van der Waals surface area (Å²) in [6.07, 6.45) is 2.08. The fourth-order valence-electron chi connectivity index (χ4n) is 3.03. The van der Waals surface area contributed by atoms with Crippen molar-refractivity contribution < 1.29 is 9.13 Å². The lowest BCUT2D eigenvalue weighted by molar-refractivity contribution is 0.134. The maximum Gasteiger partial charge on any atom is 0.123 e. The molecular weight excluding hydrogens is 269 g/mol. The number of fused-ring (bicyclic) bond motifs is 1. The first-order valence-electron chi connectivity index (χ1n) is 7.14. The van der Waals surface area contributed by atoms with E-state index >= 15 is 0 Å². The Hall–Kier alpha value is -1.72. The molecule has 1 aliphatic heterocycles. The highest BCUT2D eigenvalue weighted by molar-refractivity contribution is 5.25. The van der Waals surface area contributed by atoms with E-state index < -0.39 is 0 Å². The van der Waals surface area contributed by atoms with Crippen LogP contribution in [0.3, 0.4) is 0 Å². The van der Waals surface area contributed by atoms with Gasteiger partial charge < -0.3 is 4.74 Å². The van der Waals surface area contributed by atoms with Crippen LogP contribution in [0, 0.1) is 5.82 Å². The molecule has 1 aliphatic rings. The number of hydrogen-bond acceptors (Lipinski definition) is 3. The molecule has 2 aromatic rings. The molecule has 0 spiro atoms. The molecule has 0 N–H and O–H groups in total. The van der Waals surface area contributed by atoms with E-state index in [9.17, 15) is 4.39 Å². The predicted octanol–water partition coefficient (Wildman–Crippen LogP) is 2.31. The number of aromatic nitrogens is 2. The third-order valence-electron chi connectivity index (χ3n) is 3.88. The van der Waals surface area contributed by atoms with Crippen LogP contribution in [0.4, 0.5) is 4.39 Å². The van der Waals surface area contributed by atoms with Crippen molar-refractivity contribution in [3.8, 4) is 0 Å². The van der Waals surface area contributed by atoms with E-state index in [0.29, 0.717) is 12.5 Å². The summed E-state index contributed by atoms with van der Waals surface area (Å²) in [7, 11) is 3.67. The predicted molar refractivity (Wildman–Crippen MR) is 78.3 cm³/mol. The van der Waals surface area contributed by atoms with E-state index in [1.165, 1.54) is 17.7 Å². The van der Waals surface area contributed by atoms with Crippen molar-refractivity contribution in [1.82, 2.24) is 14.7 Å². The maximum absolute atomic E-state index is 13.0. The summed E-state index contributed by atoms with van der Waals surface area (Å²) in [5, 5.41) is 4.56. The van der Waals surface area contributed by atoms with Crippen molar-refractivity contribution in [3.05, 3.63) is 53.1 Å². The molecule has 112 valence electrons. The lowest BCUT2D eigenvalue weighted by Gasteiger charge is -2.31. The molecule has 21 heavy (non-hydrogen) atoms. The van der Waals surface area contributed by atoms with Crippen LogP contribution in [0.5, 0.6) is 0 Å². The van der Waals surface area contributed by atoms with Gasteiger partial charge in [-0.1, -0.05) is 12.1 Å². The summed E-state index contributed by atoms with van der Waals surface area (Å²) in [5.74, 6) is 0.101. The van der Waals surface area contributed by atoms with E-state index in [4.69, 9.17) is 4.74 Å². The van der Waals surface area contributed by atoms with Gasteiger partial charge in [-0.2, -0.15) is 5.10 Å². The zero-order valence-electron chi connectivity index (χ0n) is 12.4. The lowest BCUT2D eigenvalue weighted by Crippen LogP contribution is -2.34. The van der Waals surface area contributed by atoms with E-state index in [0.717, 1.165) is 30.9 Å². The van der Waals surface area contributed by atoms with Gasteiger partial charge >= 0.3 is 0 Å². The van der Waals surface area contributed by atoms with E-state index in [1.807, 2.05) is 23.9 Å². The number of hydrogen-bond donors (Lipinski definition) is 0. The fraction of sp³-hybridized carbons (Fsp3) is 0.438. The summed E-state index contributed by atoms with van der Waals surface area (Å²) in [5.41, 5.74) is 3.53. The molecule has 1 atom stereocenters. The number of aryl methyl sites for hydroxylation is 1. The van der Waals surface area contributed by atoms with E-state index in [1.54, 1.807) is 7.11 Å². The van der Waals surface area contributed by atoms with Crippen molar-refractivity contribution in [2.75, 3.05) is 20.3 Å². The summed E-state index contributed by atoms with van der Waals surface area (Å²) >= 11 is 0. The Kier molecular flexibility index (Phi) is 4.03. The standard InChI is InChI=1S/C16H20FN3O/c1-19-8-13-9-20(7-12-3-5-15(17)6-4-12)10-14(11-21-2)16(13)18-19/h3-6,8,14H,7,9-11H2,1-2H3. The van der Waals surface area contributed by atoms with Gasteiger partial charge in [-0.15, -0.1) is 0 Å². The molecule has 2 heterocycles. The van der Waals surface area contributed by atoms with Crippen molar-refractivity contribution >= 4 is 0 Å². The van der Waals surface area contributed by atoms with Gasteiger partial charge in [-0.3, -0.25) is 9.58 Å². The molecule has 0 radical (unpaired) electrons. The van der Waals surface area contributed by atoms with Crippen molar-refractivity contribution in [2.24, 2.45) is 7.05 Å². The molecule has 5 heteroatoms. The van der Waals surface area contributed by atoms with Crippen LogP contribution in [-0.2, 0) is 24.9 Å². The average Bonchev–Trinajstić information content (AvgIpc) is 2.82. The summed E-state index contributed by atoms with van der Waals surface area (Å²) in [4.78, 5) is 2.36. The third kappa shape index (κ3) is 3.14. The number of ether oxygens (including phenoxy) is 1. The Morgan fingerprint density at radius 2 is 2.10 bits per heavy atom. The molecule has 3 rings (SSSR count). The number of rotatable bonds is 4. The Balaban J connectivity index is 1.77. The second-order valence-electron chi connectivity index (χ2n) is 5.66. The first kappa shape index (κ1) is 14.2. The topological polar surface area (TPSA) is 30.3 Å². The van der Waals surface area contributed by atoms with Gasteiger partial charge in [0.1, 0.15) is 5.82 Å². The summed E-state index contributed by atoms with van der Waals surface area (Å²) in [6.45, 7) is 3.27. The first-order valence-corrected chi connectivity index (χ1v) is 7.14. The average molecular weight is 289 g/mol. The zero-order valence-corrected chi connectivity index (χ0v) is 12.4. The SMILES string of the molecule is COCC1CN(Cc2ccc(F)cc2)Cc2cn(C)nc21. The normalized spacial score (nSPS) is 18.7. The molecule has 1 aromatic carbocycles. The molecule has 0 aliphatic carbocycles. The summed E-state index contributed by atoms with van der Waals surface area (Å²) in [6, 6.07) is 6.72. The van der Waals surface area contributed by atoms with Crippen LogP contribution < -0.4 is 0 Å². The molecule has 1 aromatic heterocycles. The quantitative estimate of drug-likeness (QED) is 0.865. The van der Waals surface area contributed by atoms with Gasteiger partial charge in [0.15, 0.2) is 0 Å². The highest BCUT2D eigenvalue weighted by Crippen LogP contribution is 2.28. The molecule has 0 fully saturated rings. The Morgan fingerprint density at radius 1 is 1.33 bits per heavy atom. The zero-order chi connectivity index (χ0) is 14.8. The lowest BCUT2D eigenvalue weighted by atomic mass is 9.97. The minimum Gasteiger partial charge on any atom is -0.384 e. The maximum atomic E-state index is 13.0. The Bertz CT molecular complexity index is 608. The molecule has 0 bridgehead atoms. The van der Waals surface area contributed by atoms with Crippen molar-refractivity contribution in [3.63, 3.8) is 0 Å². The number of nitrogens with zero attached hydrogens (tertiary/aromatic N) is 3. The fourth-order valence-corrected chi connectivity index (χ4v) is 3.03. The molecule has 4 nitrogen and oxygen atoms in total. The second-order valence-corrected chi connectivity index (χ2v) is 5.66. The first-order chi connectivity index (χ1) is 10.2. The van der Waals surface area contributed by atoms with E-state index in [2.05, 4.69) is 16.2 Å². The van der Waals surface area contributed by atoms with Crippen molar-refractivity contribution in [2.45, 2.75) is 19.0 Å². The van der Waals surface area contributed by atoms with Gasteiger partial charge in [0.25, 0.3) is 0 Å².